The van der Waals surface area contributed by atoms with E-state index >= 15 is 0 Å². The lowest BCUT2D eigenvalue weighted by molar-refractivity contribution is -0.132. The molecule has 0 aromatic carbocycles. The summed E-state index contributed by atoms with van der Waals surface area (Å²) >= 11 is 0. The lowest BCUT2D eigenvalue weighted by Crippen LogP contribution is -2.40. The largest absolute Gasteiger partial charge is 0.478 e. The molecule has 1 unspecified atom stereocenters. The number of carbonyl (C=O) groups excluding carboxylic acids is 1. The SMILES string of the molecule is CC1=C(C(=O)O)C(C2=NCCN2)=CC(=O)C1(C)C(C)C. The number of carboxylic acids is 1. The number of ketones is 1. The van der Waals surface area contributed by atoms with Gasteiger partial charge in [-0.15, -0.1) is 0 Å². The van der Waals surface area contributed by atoms with Crippen molar-refractivity contribution in [2.75, 3.05) is 13.1 Å². The van der Waals surface area contributed by atoms with Crippen LogP contribution in [0.2, 0.25) is 0 Å². The third-order valence-electron chi connectivity index (χ3n) is 4.51. The molecule has 1 heterocycles. The zero-order valence-electron chi connectivity index (χ0n) is 12.3. The van der Waals surface area contributed by atoms with Gasteiger partial charge in [0.1, 0.15) is 5.84 Å². The first-order valence-corrected chi connectivity index (χ1v) is 6.80. The summed E-state index contributed by atoms with van der Waals surface area (Å²) in [5, 5.41) is 12.6. The van der Waals surface area contributed by atoms with Gasteiger partial charge in [-0.05, 0) is 31.4 Å². The van der Waals surface area contributed by atoms with Crippen molar-refractivity contribution in [2.45, 2.75) is 27.7 Å². The highest BCUT2D eigenvalue weighted by Gasteiger charge is 2.44. The highest BCUT2D eigenvalue weighted by molar-refractivity contribution is 6.18. The first-order chi connectivity index (χ1) is 9.30. The van der Waals surface area contributed by atoms with E-state index in [9.17, 15) is 14.7 Å². The van der Waals surface area contributed by atoms with E-state index < -0.39 is 11.4 Å². The Morgan fingerprint density at radius 1 is 1.50 bits per heavy atom. The first kappa shape index (κ1) is 14.5. The molecule has 0 aromatic heterocycles. The van der Waals surface area contributed by atoms with E-state index in [1.54, 1.807) is 6.92 Å². The van der Waals surface area contributed by atoms with Crippen LogP contribution in [0.1, 0.15) is 27.7 Å². The minimum absolute atomic E-state index is 0.0284. The molecule has 2 aliphatic rings. The normalized spacial score (nSPS) is 26.6. The van der Waals surface area contributed by atoms with Crippen LogP contribution in [0.25, 0.3) is 0 Å². The average Bonchev–Trinajstić information content (AvgIpc) is 2.88. The second-order valence-electron chi connectivity index (χ2n) is 5.74. The number of nitrogens with zero attached hydrogens (tertiary/aromatic N) is 1. The Kier molecular flexibility index (Phi) is 3.54. The number of aliphatic imine (C=N–C) groups is 1. The van der Waals surface area contributed by atoms with Crippen LogP contribution in [0.3, 0.4) is 0 Å². The molecule has 0 saturated heterocycles. The van der Waals surface area contributed by atoms with Crippen molar-refractivity contribution in [1.82, 2.24) is 5.32 Å². The summed E-state index contributed by atoms with van der Waals surface area (Å²) in [6.07, 6.45) is 1.44. The highest BCUT2D eigenvalue weighted by Crippen LogP contribution is 2.43. The van der Waals surface area contributed by atoms with Gasteiger partial charge in [0, 0.05) is 12.1 Å². The molecule has 1 aliphatic heterocycles. The van der Waals surface area contributed by atoms with Crippen molar-refractivity contribution >= 4 is 17.6 Å². The van der Waals surface area contributed by atoms with Gasteiger partial charge >= 0.3 is 5.97 Å². The summed E-state index contributed by atoms with van der Waals surface area (Å²) in [4.78, 5) is 28.4. The summed E-state index contributed by atoms with van der Waals surface area (Å²) in [5.41, 5.74) is 0.458. The number of hydrogen-bond acceptors (Lipinski definition) is 4. The number of allylic oxidation sites excluding steroid dienone is 2. The summed E-state index contributed by atoms with van der Waals surface area (Å²) in [6, 6.07) is 0. The van der Waals surface area contributed by atoms with Crippen LogP contribution >= 0.6 is 0 Å². The highest BCUT2D eigenvalue weighted by atomic mass is 16.4. The average molecular weight is 276 g/mol. The van der Waals surface area contributed by atoms with Crippen LogP contribution in [0.15, 0.2) is 27.8 Å². The summed E-state index contributed by atoms with van der Waals surface area (Å²) in [5.74, 6) is -0.521. The quantitative estimate of drug-likeness (QED) is 0.820. The molecule has 0 bridgehead atoms. The Morgan fingerprint density at radius 3 is 2.60 bits per heavy atom. The molecule has 0 aromatic rings. The topological polar surface area (TPSA) is 78.8 Å². The van der Waals surface area contributed by atoms with E-state index in [0.29, 0.717) is 30.1 Å². The first-order valence-electron chi connectivity index (χ1n) is 6.80. The zero-order valence-corrected chi connectivity index (χ0v) is 12.3. The van der Waals surface area contributed by atoms with E-state index in [2.05, 4.69) is 10.3 Å². The fourth-order valence-corrected chi connectivity index (χ4v) is 2.76. The predicted octanol–water partition coefficient (Wildman–Crippen LogP) is 1.56. The Morgan fingerprint density at radius 2 is 2.15 bits per heavy atom. The van der Waals surface area contributed by atoms with Gasteiger partial charge in [0.15, 0.2) is 5.78 Å². The number of nitrogens with one attached hydrogen (secondary N) is 1. The molecule has 20 heavy (non-hydrogen) atoms. The maximum Gasteiger partial charge on any atom is 0.336 e. The predicted molar refractivity (Wildman–Crippen MR) is 76.7 cm³/mol. The van der Waals surface area contributed by atoms with Gasteiger partial charge < -0.3 is 10.4 Å². The second-order valence-corrected chi connectivity index (χ2v) is 5.74. The lowest BCUT2D eigenvalue weighted by Gasteiger charge is -2.37. The maximum atomic E-state index is 12.5. The maximum absolute atomic E-state index is 12.5. The lowest BCUT2D eigenvalue weighted by atomic mass is 9.65. The van der Waals surface area contributed by atoms with E-state index in [1.165, 1.54) is 6.08 Å². The zero-order chi connectivity index (χ0) is 15.1. The van der Waals surface area contributed by atoms with Crippen molar-refractivity contribution < 1.29 is 14.7 Å². The molecule has 1 aliphatic carbocycles. The fraction of sp³-hybridized carbons (Fsp3) is 0.533. The molecule has 5 nitrogen and oxygen atoms in total. The molecule has 2 rings (SSSR count). The Balaban J connectivity index is 2.62. The van der Waals surface area contributed by atoms with Crippen LogP contribution in [-0.4, -0.2) is 35.8 Å². The Labute approximate surface area is 118 Å². The van der Waals surface area contributed by atoms with Crippen LogP contribution in [-0.2, 0) is 9.59 Å². The Bertz CT molecular complexity index is 570. The smallest absolute Gasteiger partial charge is 0.336 e. The number of carboxylic acid groups (broad SMARTS) is 1. The van der Waals surface area contributed by atoms with Crippen molar-refractivity contribution in [3.8, 4) is 0 Å². The van der Waals surface area contributed by atoms with Crippen LogP contribution in [0.4, 0.5) is 0 Å². The number of carbonyl (C=O) groups is 2. The van der Waals surface area contributed by atoms with Gasteiger partial charge in [0.25, 0.3) is 0 Å². The van der Waals surface area contributed by atoms with E-state index in [0.717, 1.165) is 0 Å². The minimum Gasteiger partial charge on any atom is -0.478 e. The van der Waals surface area contributed by atoms with Gasteiger partial charge in [-0.3, -0.25) is 9.79 Å². The van der Waals surface area contributed by atoms with E-state index in [1.807, 2.05) is 20.8 Å². The van der Waals surface area contributed by atoms with Crippen molar-refractivity contribution in [2.24, 2.45) is 16.3 Å². The summed E-state index contributed by atoms with van der Waals surface area (Å²) < 4.78 is 0. The van der Waals surface area contributed by atoms with E-state index in [4.69, 9.17) is 0 Å². The summed E-state index contributed by atoms with van der Waals surface area (Å²) in [7, 11) is 0. The van der Waals surface area contributed by atoms with Crippen LogP contribution < -0.4 is 5.32 Å². The summed E-state index contributed by atoms with van der Waals surface area (Å²) in [6.45, 7) is 8.71. The molecule has 2 N–H and O–H groups in total. The Hall–Kier alpha value is -1.91. The van der Waals surface area contributed by atoms with Gasteiger partial charge in [0.2, 0.25) is 0 Å². The minimum atomic E-state index is -1.01. The fourth-order valence-electron chi connectivity index (χ4n) is 2.76. The number of hydrogen-bond donors (Lipinski definition) is 2. The standard InChI is InChI=1S/C15H20N2O3/c1-8(2)15(4)9(3)12(14(19)20)10(7-11(15)18)13-16-5-6-17-13/h7-8H,5-6H2,1-4H3,(H,16,17)(H,19,20). The van der Waals surface area contributed by atoms with Crippen molar-refractivity contribution in [3.05, 3.63) is 22.8 Å². The molecule has 108 valence electrons. The van der Waals surface area contributed by atoms with Gasteiger partial charge in [-0.2, -0.15) is 0 Å². The molecule has 0 spiro atoms. The number of aliphatic carboxylic acids is 1. The molecule has 5 heteroatoms. The van der Waals surface area contributed by atoms with Gasteiger partial charge in [0.05, 0.1) is 17.5 Å². The van der Waals surface area contributed by atoms with Crippen LogP contribution in [0.5, 0.6) is 0 Å². The number of amidine groups is 1. The molecule has 0 saturated carbocycles. The third-order valence-corrected chi connectivity index (χ3v) is 4.51. The molecule has 0 fully saturated rings. The second kappa shape index (κ2) is 4.89. The third kappa shape index (κ3) is 1.97. The number of rotatable bonds is 3. The van der Waals surface area contributed by atoms with Crippen LogP contribution in [0, 0.1) is 11.3 Å². The molecular formula is C15H20N2O3. The van der Waals surface area contributed by atoms with Gasteiger partial charge in [-0.25, -0.2) is 4.79 Å². The van der Waals surface area contributed by atoms with E-state index in [-0.39, 0.29) is 17.3 Å². The molecule has 0 radical (unpaired) electrons. The molecule has 1 atom stereocenters. The van der Waals surface area contributed by atoms with Crippen molar-refractivity contribution in [1.29, 1.82) is 0 Å². The monoisotopic (exact) mass is 276 g/mol. The molecule has 0 amide bonds. The van der Waals surface area contributed by atoms with Gasteiger partial charge in [-0.1, -0.05) is 13.8 Å². The van der Waals surface area contributed by atoms with Crippen molar-refractivity contribution in [3.63, 3.8) is 0 Å². The molecular weight excluding hydrogens is 256 g/mol.